The first-order valence-electron chi connectivity index (χ1n) is 6.04. The summed E-state index contributed by atoms with van der Waals surface area (Å²) in [5, 5.41) is 5.17. The SMILES string of the molecule is Cl.O=S(=O)(CCc1cccs1)NCC1=CCNCC1. The van der Waals surface area contributed by atoms with Crippen LogP contribution in [0, 0.1) is 0 Å². The van der Waals surface area contributed by atoms with Gasteiger partial charge in [0.2, 0.25) is 10.0 Å². The van der Waals surface area contributed by atoms with Gasteiger partial charge < -0.3 is 5.32 Å². The minimum absolute atomic E-state index is 0. The largest absolute Gasteiger partial charge is 0.313 e. The van der Waals surface area contributed by atoms with Crippen LogP contribution in [0.5, 0.6) is 0 Å². The number of rotatable bonds is 6. The predicted molar refractivity (Wildman–Crippen MR) is 82.6 cm³/mol. The van der Waals surface area contributed by atoms with E-state index in [0.717, 1.165) is 24.4 Å². The predicted octanol–water partition coefficient (Wildman–Crippen LogP) is 1.55. The molecule has 1 aliphatic rings. The van der Waals surface area contributed by atoms with Gasteiger partial charge in [0.1, 0.15) is 0 Å². The minimum atomic E-state index is -3.16. The Morgan fingerprint density at radius 3 is 2.89 bits per heavy atom. The second-order valence-corrected chi connectivity index (χ2v) is 7.24. The maximum Gasteiger partial charge on any atom is 0.212 e. The van der Waals surface area contributed by atoms with Crippen molar-refractivity contribution in [1.29, 1.82) is 0 Å². The average molecular weight is 323 g/mol. The molecule has 0 spiro atoms. The van der Waals surface area contributed by atoms with Crippen LogP contribution in [-0.2, 0) is 16.4 Å². The highest BCUT2D eigenvalue weighted by Crippen LogP contribution is 2.10. The third-order valence-corrected chi connectivity index (χ3v) is 5.14. The number of hydrogen-bond acceptors (Lipinski definition) is 4. The Hall–Kier alpha value is -0.400. The van der Waals surface area contributed by atoms with Gasteiger partial charge in [0.05, 0.1) is 5.75 Å². The summed E-state index contributed by atoms with van der Waals surface area (Å²) < 4.78 is 26.3. The van der Waals surface area contributed by atoms with Gasteiger partial charge in [0.15, 0.2) is 0 Å². The van der Waals surface area contributed by atoms with Crippen molar-refractivity contribution < 1.29 is 8.42 Å². The summed E-state index contributed by atoms with van der Waals surface area (Å²) in [6.45, 7) is 2.23. The van der Waals surface area contributed by atoms with Crippen LogP contribution in [0.25, 0.3) is 0 Å². The molecule has 1 aromatic heterocycles. The lowest BCUT2D eigenvalue weighted by Crippen LogP contribution is -2.31. The van der Waals surface area contributed by atoms with E-state index in [1.165, 1.54) is 5.57 Å². The van der Waals surface area contributed by atoms with Crippen LogP contribution >= 0.6 is 23.7 Å². The average Bonchev–Trinajstić information content (AvgIpc) is 2.89. The topological polar surface area (TPSA) is 58.2 Å². The number of hydrogen-bond donors (Lipinski definition) is 2. The van der Waals surface area contributed by atoms with Gasteiger partial charge in [-0.15, -0.1) is 23.7 Å². The zero-order valence-corrected chi connectivity index (χ0v) is 13.0. The molecule has 0 amide bonds. The first-order chi connectivity index (χ1) is 8.66. The smallest absolute Gasteiger partial charge is 0.212 e. The molecule has 0 atom stereocenters. The molecule has 0 aromatic carbocycles. The van der Waals surface area contributed by atoms with Gasteiger partial charge in [-0.1, -0.05) is 17.7 Å². The molecule has 0 unspecified atom stereocenters. The summed E-state index contributed by atoms with van der Waals surface area (Å²) in [6, 6.07) is 3.91. The van der Waals surface area contributed by atoms with Crippen LogP contribution in [0.1, 0.15) is 11.3 Å². The molecule has 0 saturated carbocycles. The van der Waals surface area contributed by atoms with Crippen LogP contribution in [0.15, 0.2) is 29.2 Å². The Morgan fingerprint density at radius 1 is 1.42 bits per heavy atom. The first kappa shape index (κ1) is 16.7. The van der Waals surface area contributed by atoms with Crippen molar-refractivity contribution in [2.24, 2.45) is 0 Å². The zero-order chi connectivity index (χ0) is 12.8. The third kappa shape index (κ3) is 6.05. The molecule has 19 heavy (non-hydrogen) atoms. The molecule has 2 N–H and O–H groups in total. The van der Waals surface area contributed by atoms with Crippen molar-refractivity contribution in [2.45, 2.75) is 12.8 Å². The molecule has 1 aromatic rings. The number of halogens is 1. The summed E-state index contributed by atoms with van der Waals surface area (Å²) in [4.78, 5) is 1.11. The highest BCUT2D eigenvalue weighted by molar-refractivity contribution is 7.89. The molecule has 0 bridgehead atoms. The molecule has 0 radical (unpaired) electrons. The molecule has 2 rings (SSSR count). The maximum absolute atomic E-state index is 11.8. The second-order valence-electron chi connectivity index (χ2n) is 4.29. The van der Waals surface area contributed by atoms with Crippen LogP contribution in [-0.4, -0.2) is 33.8 Å². The van der Waals surface area contributed by atoms with E-state index >= 15 is 0 Å². The number of sulfonamides is 1. The fourth-order valence-electron chi connectivity index (χ4n) is 1.79. The van der Waals surface area contributed by atoms with Crippen molar-refractivity contribution in [3.05, 3.63) is 34.0 Å². The normalized spacial score (nSPS) is 15.7. The van der Waals surface area contributed by atoms with Gasteiger partial charge in [-0.25, -0.2) is 13.1 Å². The Balaban J connectivity index is 0.00000180. The van der Waals surface area contributed by atoms with E-state index in [2.05, 4.69) is 16.1 Å². The summed E-state index contributed by atoms with van der Waals surface area (Å²) in [6.07, 6.45) is 3.58. The fraction of sp³-hybridized carbons (Fsp3) is 0.500. The lowest BCUT2D eigenvalue weighted by molar-refractivity contribution is 0.581. The maximum atomic E-state index is 11.8. The van der Waals surface area contributed by atoms with Crippen LogP contribution < -0.4 is 10.0 Å². The molecule has 2 heterocycles. The van der Waals surface area contributed by atoms with Crippen molar-refractivity contribution in [2.75, 3.05) is 25.4 Å². The first-order valence-corrected chi connectivity index (χ1v) is 8.57. The minimum Gasteiger partial charge on any atom is -0.313 e. The van der Waals surface area contributed by atoms with Gasteiger partial charge >= 0.3 is 0 Å². The highest BCUT2D eigenvalue weighted by Gasteiger charge is 2.12. The van der Waals surface area contributed by atoms with Crippen molar-refractivity contribution in [1.82, 2.24) is 10.0 Å². The van der Waals surface area contributed by atoms with Crippen molar-refractivity contribution in [3.8, 4) is 0 Å². The molecular formula is C12H19ClN2O2S2. The number of thiophene rings is 1. The Morgan fingerprint density at radius 2 is 2.26 bits per heavy atom. The lowest BCUT2D eigenvalue weighted by atomic mass is 10.1. The Bertz CT molecular complexity index is 498. The second kappa shape index (κ2) is 8.01. The van der Waals surface area contributed by atoms with Crippen molar-refractivity contribution >= 4 is 33.8 Å². The Labute approximate surface area is 124 Å². The van der Waals surface area contributed by atoms with Crippen LogP contribution in [0.4, 0.5) is 0 Å². The van der Waals surface area contributed by atoms with E-state index in [0.29, 0.717) is 13.0 Å². The van der Waals surface area contributed by atoms with Gasteiger partial charge in [-0.05, 0) is 30.8 Å². The Kier molecular flexibility index (Phi) is 7.02. The summed E-state index contributed by atoms with van der Waals surface area (Å²) in [7, 11) is -3.16. The van der Waals surface area contributed by atoms with Crippen molar-refractivity contribution in [3.63, 3.8) is 0 Å². The van der Waals surface area contributed by atoms with E-state index in [9.17, 15) is 8.42 Å². The number of nitrogens with one attached hydrogen (secondary N) is 2. The highest BCUT2D eigenvalue weighted by atomic mass is 35.5. The molecule has 7 heteroatoms. The standard InChI is InChI=1S/C12H18N2O2S2.ClH/c15-18(16,9-5-12-2-1-8-17-12)14-10-11-3-6-13-7-4-11;/h1-3,8,13-14H,4-7,9-10H2;1H. The molecular weight excluding hydrogens is 304 g/mol. The zero-order valence-electron chi connectivity index (χ0n) is 10.6. The van der Waals surface area contributed by atoms with Gasteiger partial charge in [-0.3, -0.25) is 0 Å². The van der Waals surface area contributed by atoms with E-state index < -0.39 is 10.0 Å². The molecule has 4 nitrogen and oxygen atoms in total. The fourth-order valence-corrected chi connectivity index (χ4v) is 3.67. The van der Waals surface area contributed by atoms with Gasteiger partial charge in [0.25, 0.3) is 0 Å². The van der Waals surface area contributed by atoms with Gasteiger partial charge in [-0.2, -0.15) is 0 Å². The van der Waals surface area contributed by atoms with Crippen LogP contribution in [0.3, 0.4) is 0 Å². The van der Waals surface area contributed by atoms with E-state index in [1.807, 2.05) is 17.5 Å². The van der Waals surface area contributed by atoms with E-state index in [-0.39, 0.29) is 18.2 Å². The molecule has 1 aliphatic heterocycles. The summed E-state index contributed by atoms with van der Waals surface area (Å²) in [5.41, 5.74) is 1.17. The molecule has 0 fully saturated rings. The molecule has 0 saturated heterocycles. The third-order valence-electron chi connectivity index (χ3n) is 2.87. The van der Waals surface area contributed by atoms with Crippen LogP contribution in [0.2, 0.25) is 0 Å². The summed E-state index contributed by atoms with van der Waals surface area (Å²) >= 11 is 1.60. The number of aryl methyl sites for hydroxylation is 1. The lowest BCUT2D eigenvalue weighted by Gasteiger charge is -2.14. The monoisotopic (exact) mass is 322 g/mol. The van der Waals surface area contributed by atoms with E-state index in [4.69, 9.17) is 0 Å². The van der Waals surface area contributed by atoms with Gasteiger partial charge in [0, 0.05) is 18.0 Å². The quantitative estimate of drug-likeness (QED) is 0.781. The summed E-state index contributed by atoms with van der Waals surface area (Å²) in [5.74, 6) is 0.166. The van der Waals surface area contributed by atoms with E-state index in [1.54, 1.807) is 11.3 Å². The molecule has 108 valence electrons. The molecule has 0 aliphatic carbocycles.